The monoisotopic (exact) mass is 227 g/mol. The Morgan fingerprint density at radius 3 is 2.75 bits per heavy atom. The average molecular weight is 227 g/mol. The minimum atomic E-state index is -2.74. The normalized spacial score (nSPS) is 10.2. The SMILES string of the molecule is COc1c(CN)cnc(CC#N)c1C(F)F. The number of pyridine rings is 1. The summed E-state index contributed by atoms with van der Waals surface area (Å²) in [7, 11) is 1.29. The van der Waals surface area contributed by atoms with Crippen molar-refractivity contribution in [1.29, 1.82) is 5.26 Å². The molecule has 0 radical (unpaired) electrons. The fourth-order valence-corrected chi connectivity index (χ4v) is 1.42. The van der Waals surface area contributed by atoms with Crippen molar-refractivity contribution in [2.24, 2.45) is 5.73 Å². The maximum Gasteiger partial charge on any atom is 0.269 e. The Hall–Kier alpha value is -1.74. The number of alkyl halides is 2. The quantitative estimate of drug-likeness (QED) is 0.847. The lowest BCUT2D eigenvalue weighted by molar-refractivity contribution is 0.145. The first kappa shape index (κ1) is 12.3. The van der Waals surface area contributed by atoms with Gasteiger partial charge in [0.2, 0.25) is 0 Å². The molecule has 0 saturated carbocycles. The molecule has 0 aromatic carbocycles. The van der Waals surface area contributed by atoms with Crippen LogP contribution in [0.1, 0.15) is 23.2 Å². The number of hydrogen-bond donors (Lipinski definition) is 1. The molecule has 1 heterocycles. The molecule has 0 spiro atoms. The van der Waals surface area contributed by atoms with Crippen molar-refractivity contribution in [1.82, 2.24) is 4.98 Å². The highest BCUT2D eigenvalue weighted by molar-refractivity contribution is 5.44. The van der Waals surface area contributed by atoms with E-state index in [9.17, 15) is 8.78 Å². The van der Waals surface area contributed by atoms with E-state index in [2.05, 4.69) is 4.98 Å². The second kappa shape index (κ2) is 5.37. The number of hydrogen-bond acceptors (Lipinski definition) is 4. The van der Waals surface area contributed by atoms with Crippen LogP contribution in [0.25, 0.3) is 0 Å². The number of ether oxygens (including phenoxy) is 1. The van der Waals surface area contributed by atoms with Crippen LogP contribution in [-0.4, -0.2) is 12.1 Å². The van der Waals surface area contributed by atoms with E-state index in [4.69, 9.17) is 15.7 Å². The molecule has 0 fully saturated rings. The van der Waals surface area contributed by atoms with E-state index in [0.29, 0.717) is 5.56 Å². The van der Waals surface area contributed by atoms with E-state index in [-0.39, 0.29) is 30.0 Å². The van der Waals surface area contributed by atoms with E-state index in [1.807, 2.05) is 0 Å². The number of halogens is 2. The van der Waals surface area contributed by atoms with Crippen molar-refractivity contribution >= 4 is 0 Å². The minimum absolute atomic E-state index is 0.0257. The summed E-state index contributed by atoms with van der Waals surface area (Å²) in [5.41, 5.74) is 5.48. The van der Waals surface area contributed by atoms with Gasteiger partial charge in [0.25, 0.3) is 6.43 Å². The molecule has 16 heavy (non-hydrogen) atoms. The van der Waals surface area contributed by atoms with E-state index in [1.165, 1.54) is 13.3 Å². The molecule has 86 valence electrons. The van der Waals surface area contributed by atoms with Crippen molar-refractivity contribution in [2.75, 3.05) is 7.11 Å². The van der Waals surface area contributed by atoms with Gasteiger partial charge >= 0.3 is 0 Å². The van der Waals surface area contributed by atoms with E-state index in [0.717, 1.165) is 0 Å². The number of nitrogens with two attached hydrogens (primary N) is 1. The lowest BCUT2D eigenvalue weighted by atomic mass is 10.1. The van der Waals surface area contributed by atoms with Gasteiger partial charge in [-0.25, -0.2) is 8.78 Å². The molecule has 2 N–H and O–H groups in total. The van der Waals surface area contributed by atoms with Gasteiger partial charge in [0, 0.05) is 18.3 Å². The number of methoxy groups -OCH3 is 1. The zero-order valence-electron chi connectivity index (χ0n) is 8.70. The molecule has 0 aliphatic heterocycles. The lowest BCUT2D eigenvalue weighted by Crippen LogP contribution is -2.08. The first-order valence-corrected chi connectivity index (χ1v) is 4.55. The Labute approximate surface area is 91.7 Å². The average Bonchev–Trinajstić information content (AvgIpc) is 2.28. The van der Waals surface area contributed by atoms with Gasteiger partial charge in [-0.1, -0.05) is 0 Å². The van der Waals surface area contributed by atoms with Crippen LogP contribution in [0.4, 0.5) is 8.78 Å². The van der Waals surface area contributed by atoms with Gasteiger partial charge in [-0.15, -0.1) is 0 Å². The van der Waals surface area contributed by atoms with E-state index in [1.54, 1.807) is 6.07 Å². The summed E-state index contributed by atoms with van der Waals surface area (Å²) in [6.07, 6.45) is -1.56. The molecule has 0 bridgehead atoms. The summed E-state index contributed by atoms with van der Waals surface area (Å²) in [6, 6.07) is 1.79. The first-order valence-electron chi connectivity index (χ1n) is 4.55. The minimum Gasteiger partial charge on any atom is -0.496 e. The Bertz CT molecular complexity index is 415. The first-order chi connectivity index (χ1) is 7.65. The number of rotatable bonds is 4. The van der Waals surface area contributed by atoms with Gasteiger partial charge in [-0.3, -0.25) is 4.98 Å². The molecule has 1 rings (SSSR count). The summed E-state index contributed by atoms with van der Waals surface area (Å²) < 4.78 is 30.6. The molecule has 4 nitrogen and oxygen atoms in total. The largest absolute Gasteiger partial charge is 0.496 e. The predicted octanol–water partition coefficient (Wildman–Crippen LogP) is 1.55. The van der Waals surface area contributed by atoms with Gasteiger partial charge in [0.1, 0.15) is 5.75 Å². The van der Waals surface area contributed by atoms with Crippen LogP contribution in [0, 0.1) is 11.3 Å². The fraction of sp³-hybridized carbons (Fsp3) is 0.400. The molecule has 0 saturated heterocycles. The Morgan fingerprint density at radius 2 is 2.31 bits per heavy atom. The summed E-state index contributed by atoms with van der Waals surface area (Å²) in [4.78, 5) is 3.81. The number of nitrogens with zero attached hydrogens (tertiary/aromatic N) is 2. The van der Waals surface area contributed by atoms with Crippen molar-refractivity contribution in [3.8, 4) is 11.8 Å². The molecule has 0 aliphatic carbocycles. The molecule has 0 atom stereocenters. The van der Waals surface area contributed by atoms with Gasteiger partial charge in [-0.2, -0.15) is 5.26 Å². The fourth-order valence-electron chi connectivity index (χ4n) is 1.42. The molecule has 1 aromatic heterocycles. The van der Waals surface area contributed by atoms with E-state index >= 15 is 0 Å². The van der Waals surface area contributed by atoms with Crippen LogP contribution in [-0.2, 0) is 13.0 Å². The topological polar surface area (TPSA) is 71.9 Å². The highest BCUT2D eigenvalue weighted by Crippen LogP contribution is 2.33. The second-order valence-electron chi connectivity index (χ2n) is 3.02. The van der Waals surface area contributed by atoms with Crippen LogP contribution < -0.4 is 10.5 Å². The summed E-state index contributed by atoms with van der Waals surface area (Å²) in [5, 5.41) is 8.52. The van der Waals surface area contributed by atoms with Crippen LogP contribution in [0.2, 0.25) is 0 Å². The summed E-state index contributed by atoms with van der Waals surface area (Å²) in [5.74, 6) is 0.0257. The number of aromatic nitrogens is 1. The smallest absolute Gasteiger partial charge is 0.269 e. The second-order valence-corrected chi connectivity index (χ2v) is 3.02. The lowest BCUT2D eigenvalue weighted by Gasteiger charge is -2.14. The molecular formula is C10H11F2N3O. The maximum atomic E-state index is 12.8. The van der Waals surface area contributed by atoms with Gasteiger partial charge in [-0.05, 0) is 0 Å². The third kappa shape index (κ3) is 2.25. The molecule has 0 amide bonds. The molecule has 0 aliphatic rings. The molecule has 6 heteroatoms. The summed E-state index contributed by atoms with van der Waals surface area (Å²) >= 11 is 0. The third-order valence-corrected chi connectivity index (χ3v) is 2.11. The summed E-state index contributed by atoms with van der Waals surface area (Å²) in [6.45, 7) is 0.0583. The predicted molar refractivity (Wildman–Crippen MR) is 53.0 cm³/mol. The van der Waals surface area contributed by atoms with Crippen molar-refractivity contribution in [3.05, 3.63) is 23.0 Å². The van der Waals surface area contributed by atoms with Crippen molar-refractivity contribution in [3.63, 3.8) is 0 Å². The zero-order valence-corrected chi connectivity index (χ0v) is 8.70. The van der Waals surface area contributed by atoms with Crippen LogP contribution in [0.5, 0.6) is 5.75 Å². The standard InChI is InChI=1S/C10H11F2N3O/c1-16-9-6(4-14)5-15-7(2-3-13)8(9)10(11)12/h5,10H,2,4,14H2,1H3. The molecule has 1 aromatic rings. The van der Waals surface area contributed by atoms with Gasteiger partial charge in [0.15, 0.2) is 0 Å². The number of nitriles is 1. The van der Waals surface area contributed by atoms with Crippen molar-refractivity contribution < 1.29 is 13.5 Å². The van der Waals surface area contributed by atoms with Crippen molar-refractivity contribution in [2.45, 2.75) is 19.4 Å². The highest BCUT2D eigenvalue weighted by atomic mass is 19.3. The third-order valence-electron chi connectivity index (χ3n) is 2.11. The highest BCUT2D eigenvalue weighted by Gasteiger charge is 2.22. The Kier molecular flexibility index (Phi) is 4.14. The zero-order chi connectivity index (χ0) is 12.1. The maximum absolute atomic E-state index is 12.8. The van der Waals surface area contributed by atoms with Crippen LogP contribution in [0.3, 0.4) is 0 Å². The van der Waals surface area contributed by atoms with Gasteiger partial charge < -0.3 is 10.5 Å². The van der Waals surface area contributed by atoms with E-state index < -0.39 is 6.43 Å². The van der Waals surface area contributed by atoms with Crippen LogP contribution in [0.15, 0.2) is 6.20 Å². The van der Waals surface area contributed by atoms with Gasteiger partial charge in [0.05, 0.1) is 30.9 Å². The molecular weight excluding hydrogens is 216 g/mol. The molecule has 0 unspecified atom stereocenters. The Balaban J connectivity index is 3.39. The van der Waals surface area contributed by atoms with Crippen LogP contribution >= 0.6 is 0 Å². The Morgan fingerprint density at radius 1 is 1.62 bits per heavy atom.